The minimum atomic E-state index is -0.325. The lowest BCUT2D eigenvalue weighted by molar-refractivity contribution is -0.140. The van der Waals surface area contributed by atoms with Crippen molar-refractivity contribution in [2.24, 2.45) is 5.92 Å². The Hall–Kier alpha value is -1.56. The molecule has 2 aliphatic heterocycles. The Kier molecular flexibility index (Phi) is 4.85. The maximum absolute atomic E-state index is 12.9. The molecule has 2 saturated heterocycles. The molecule has 1 aromatic carbocycles. The van der Waals surface area contributed by atoms with Crippen molar-refractivity contribution in [3.05, 3.63) is 34.3 Å². The summed E-state index contributed by atoms with van der Waals surface area (Å²) < 4.78 is 1.01. The average Bonchev–Trinajstić information content (AvgIpc) is 2.79. The van der Waals surface area contributed by atoms with Crippen LogP contribution >= 0.6 is 15.9 Å². The number of hydrogen-bond acceptors (Lipinski definition) is 2. The van der Waals surface area contributed by atoms with E-state index in [4.69, 9.17) is 0 Å². The Morgan fingerprint density at radius 3 is 2.67 bits per heavy atom. The first-order valence-electron chi connectivity index (χ1n) is 8.43. The van der Waals surface area contributed by atoms with Gasteiger partial charge in [-0.05, 0) is 30.0 Å². The van der Waals surface area contributed by atoms with E-state index < -0.39 is 0 Å². The molecule has 2 fully saturated rings. The molecule has 2 aliphatic rings. The number of rotatable bonds is 4. The number of likely N-dealkylation sites (N-methyl/N-ethyl adjacent to an activating group) is 1. The van der Waals surface area contributed by atoms with E-state index in [1.54, 1.807) is 4.90 Å². The fraction of sp³-hybridized carbons (Fsp3) is 0.556. The van der Waals surface area contributed by atoms with Crippen LogP contribution in [-0.4, -0.2) is 58.9 Å². The zero-order chi connectivity index (χ0) is 17.4. The summed E-state index contributed by atoms with van der Waals surface area (Å²) in [6, 6.07) is 7.78. The molecule has 130 valence electrons. The molecule has 5 nitrogen and oxygen atoms in total. The SMILES string of the molecule is CC(C)C[C@H]1C(=O)N(C)C[C@H]2CN(Cc3cccc(Br)c3)C(=O)N21. The molecular formula is C18H24BrN3O2. The summed E-state index contributed by atoms with van der Waals surface area (Å²) in [6.45, 7) is 6.07. The highest BCUT2D eigenvalue weighted by Crippen LogP contribution is 2.29. The molecule has 1 aromatic rings. The molecule has 2 heterocycles. The fourth-order valence-corrected chi connectivity index (χ4v) is 4.15. The van der Waals surface area contributed by atoms with Crippen molar-refractivity contribution in [3.8, 4) is 0 Å². The summed E-state index contributed by atoms with van der Waals surface area (Å²) in [4.78, 5) is 31.0. The molecule has 0 N–H and O–H groups in total. The molecule has 0 unspecified atom stereocenters. The third kappa shape index (κ3) is 3.29. The summed E-state index contributed by atoms with van der Waals surface area (Å²) in [5, 5.41) is 0. The minimum absolute atomic E-state index is 0.00734. The molecule has 0 saturated carbocycles. The zero-order valence-electron chi connectivity index (χ0n) is 14.4. The van der Waals surface area contributed by atoms with Crippen LogP contribution in [0.2, 0.25) is 0 Å². The second-order valence-electron chi connectivity index (χ2n) is 7.22. The van der Waals surface area contributed by atoms with Crippen molar-refractivity contribution in [1.29, 1.82) is 0 Å². The number of amides is 3. The van der Waals surface area contributed by atoms with Gasteiger partial charge in [0.05, 0.1) is 6.04 Å². The molecule has 2 atom stereocenters. The average molecular weight is 394 g/mol. The van der Waals surface area contributed by atoms with E-state index in [9.17, 15) is 9.59 Å². The first kappa shape index (κ1) is 17.3. The number of nitrogens with zero attached hydrogens (tertiary/aromatic N) is 3. The summed E-state index contributed by atoms with van der Waals surface area (Å²) in [7, 11) is 1.84. The van der Waals surface area contributed by atoms with Crippen LogP contribution in [0.25, 0.3) is 0 Å². The van der Waals surface area contributed by atoms with Gasteiger partial charge in [0.1, 0.15) is 6.04 Å². The van der Waals surface area contributed by atoms with Crippen LogP contribution in [0.15, 0.2) is 28.7 Å². The second kappa shape index (κ2) is 6.75. The fourth-order valence-electron chi connectivity index (χ4n) is 3.70. The monoisotopic (exact) mass is 393 g/mol. The van der Waals surface area contributed by atoms with Crippen LogP contribution in [0.3, 0.4) is 0 Å². The maximum atomic E-state index is 12.9. The van der Waals surface area contributed by atoms with Crippen LogP contribution in [0, 0.1) is 5.92 Å². The number of halogens is 1. The summed E-state index contributed by atoms with van der Waals surface area (Å²) >= 11 is 3.47. The summed E-state index contributed by atoms with van der Waals surface area (Å²) in [6.07, 6.45) is 0.718. The van der Waals surface area contributed by atoms with Crippen LogP contribution in [0.5, 0.6) is 0 Å². The summed E-state index contributed by atoms with van der Waals surface area (Å²) in [5.74, 6) is 0.440. The lowest BCUT2D eigenvalue weighted by atomic mass is 9.98. The topological polar surface area (TPSA) is 43.9 Å². The van der Waals surface area contributed by atoms with E-state index in [1.807, 2.05) is 41.1 Å². The van der Waals surface area contributed by atoms with Gasteiger partial charge in [0.15, 0.2) is 0 Å². The lowest BCUT2D eigenvalue weighted by Gasteiger charge is -2.41. The van der Waals surface area contributed by atoms with Gasteiger partial charge in [0.2, 0.25) is 5.91 Å². The number of carbonyl (C=O) groups excluding carboxylic acids is 2. The molecule has 0 spiro atoms. The molecule has 3 amide bonds. The molecule has 0 radical (unpaired) electrons. The van der Waals surface area contributed by atoms with Gasteiger partial charge in [-0.15, -0.1) is 0 Å². The molecule has 0 aliphatic carbocycles. The van der Waals surface area contributed by atoms with E-state index in [2.05, 4.69) is 29.8 Å². The predicted octanol–water partition coefficient (Wildman–Crippen LogP) is 2.94. The van der Waals surface area contributed by atoms with Gasteiger partial charge in [-0.25, -0.2) is 4.79 Å². The first-order chi connectivity index (χ1) is 11.4. The standard InChI is InChI=1S/C18H24BrN3O2/c1-12(2)7-16-17(23)20(3)10-15-11-21(18(24)22(15)16)9-13-5-4-6-14(19)8-13/h4-6,8,12,15-16H,7,9-11H2,1-3H3/t15-,16-/m0/s1. The van der Waals surface area contributed by atoms with Gasteiger partial charge in [-0.1, -0.05) is 41.9 Å². The molecule has 3 rings (SSSR count). The summed E-state index contributed by atoms with van der Waals surface area (Å²) in [5.41, 5.74) is 1.10. The quantitative estimate of drug-likeness (QED) is 0.788. The largest absolute Gasteiger partial charge is 0.342 e. The first-order valence-corrected chi connectivity index (χ1v) is 9.22. The molecule has 6 heteroatoms. The van der Waals surface area contributed by atoms with Gasteiger partial charge in [0, 0.05) is 31.2 Å². The molecule has 0 aromatic heterocycles. The number of urea groups is 1. The Morgan fingerprint density at radius 1 is 1.25 bits per heavy atom. The van der Waals surface area contributed by atoms with Crippen molar-refractivity contribution in [2.75, 3.05) is 20.1 Å². The van der Waals surface area contributed by atoms with Crippen LogP contribution < -0.4 is 0 Å². The van der Waals surface area contributed by atoms with Gasteiger partial charge >= 0.3 is 6.03 Å². The highest BCUT2D eigenvalue weighted by atomic mass is 79.9. The smallest absolute Gasteiger partial charge is 0.321 e. The van der Waals surface area contributed by atoms with Gasteiger partial charge in [-0.2, -0.15) is 0 Å². The van der Waals surface area contributed by atoms with Crippen LogP contribution in [0.4, 0.5) is 4.79 Å². The zero-order valence-corrected chi connectivity index (χ0v) is 16.0. The predicted molar refractivity (Wildman–Crippen MR) is 96.5 cm³/mol. The highest BCUT2D eigenvalue weighted by Gasteiger charge is 2.48. The Balaban J connectivity index is 1.80. The Bertz CT molecular complexity index is 649. The molecule has 24 heavy (non-hydrogen) atoms. The Morgan fingerprint density at radius 2 is 2.00 bits per heavy atom. The van der Waals surface area contributed by atoms with E-state index in [0.717, 1.165) is 16.5 Å². The van der Waals surface area contributed by atoms with E-state index in [1.165, 1.54) is 0 Å². The van der Waals surface area contributed by atoms with E-state index in [-0.39, 0.29) is 24.0 Å². The normalized spacial score (nSPS) is 24.1. The van der Waals surface area contributed by atoms with Crippen molar-refractivity contribution in [3.63, 3.8) is 0 Å². The minimum Gasteiger partial charge on any atom is -0.342 e. The van der Waals surface area contributed by atoms with E-state index >= 15 is 0 Å². The molecular weight excluding hydrogens is 370 g/mol. The lowest BCUT2D eigenvalue weighted by Crippen LogP contribution is -2.60. The van der Waals surface area contributed by atoms with Crippen molar-refractivity contribution in [2.45, 2.75) is 38.9 Å². The maximum Gasteiger partial charge on any atom is 0.321 e. The third-order valence-corrected chi connectivity index (χ3v) is 5.25. The van der Waals surface area contributed by atoms with Crippen molar-refractivity contribution >= 4 is 27.9 Å². The van der Waals surface area contributed by atoms with Crippen molar-refractivity contribution < 1.29 is 9.59 Å². The van der Waals surface area contributed by atoms with Gasteiger partial charge < -0.3 is 14.7 Å². The number of benzene rings is 1. The van der Waals surface area contributed by atoms with Crippen LogP contribution in [0.1, 0.15) is 25.8 Å². The molecule has 0 bridgehead atoms. The number of fused-ring (bicyclic) bond motifs is 1. The number of hydrogen-bond donors (Lipinski definition) is 0. The number of carbonyl (C=O) groups is 2. The van der Waals surface area contributed by atoms with Gasteiger partial charge in [0.25, 0.3) is 0 Å². The Labute approximate surface area is 151 Å². The number of piperazine rings is 1. The van der Waals surface area contributed by atoms with Crippen molar-refractivity contribution in [1.82, 2.24) is 14.7 Å². The third-order valence-electron chi connectivity index (χ3n) is 4.75. The van der Waals surface area contributed by atoms with Gasteiger partial charge in [-0.3, -0.25) is 4.79 Å². The van der Waals surface area contributed by atoms with E-state index in [0.29, 0.717) is 25.6 Å². The van der Waals surface area contributed by atoms with Crippen LogP contribution in [-0.2, 0) is 11.3 Å². The second-order valence-corrected chi connectivity index (χ2v) is 8.13. The highest BCUT2D eigenvalue weighted by molar-refractivity contribution is 9.10.